The lowest BCUT2D eigenvalue weighted by molar-refractivity contribution is 0.0978. The fraction of sp³-hybridized carbons (Fsp3) is 1.00. The second-order valence-electron chi connectivity index (χ2n) is 6.31. The summed E-state index contributed by atoms with van der Waals surface area (Å²) in [5, 5.41) is 5.01. The molecule has 1 rings (SSSR count). The Morgan fingerprint density at radius 2 is 1.80 bits per heavy atom. The Morgan fingerprint density at radius 1 is 1.13 bits per heavy atom. The standard InChI is InChI=1S/C14H28N/c1-6-7-8-9-12-10-11-13(2,3)15-14(12,4)5/h12H,6-11H2,1-5H3. The molecule has 0 aromatic heterocycles. The molecule has 1 saturated heterocycles. The molecule has 0 aromatic rings. The quantitative estimate of drug-likeness (QED) is 0.619. The van der Waals surface area contributed by atoms with Crippen LogP contribution in [0.25, 0.3) is 0 Å². The number of unbranched alkanes of at least 4 members (excludes halogenated alkanes) is 2. The molecule has 1 aliphatic rings. The fourth-order valence-corrected chi connectivity index (χ4v) is 2.95. The average molecular weight is 210 g/mol. The third-order valence-corrected chi connectivity index (χ3v) is 3.85. The van der Waals surface area contributed by atoms with Crippen molar-refractivity contribution in [3.8, 4) is 0 Å². The van der Waals surface area contributed by atoms with E-state index < -0.39 is 0 Å². The summed E-state index contributed by atoms with van der Waals surface area (Å²) in [5.74, 6) is 0.817. The number of piperidine rings is 1. The van der Waals surface area contributed by atoms with Crippen LogP contribution in [-0.2, 0) is 0 Å². The largest absolute Gasteiger partial charge is 0.229 e. The molecule has 1 unspecified atom stereocenters. The third kappa shape index (κ3) is 3.79. The van der Waals surface area contributed by atoms with Crippen molar-refractivity contribution in [2.24, 2.45) is 5.92 Å². The zero-order chi connectivity index (χ0) is 11.5. The predicted molar refractivity (Wildman–Crippen MR) is 67.2 cm³/mol. The molecule has 1 heterocycles. The summed E-state index contributed by atoms with van der Waals surface area (Å²) < 4.78 is 0. The van der Waals surface area contributed by atoms with Crippen LogP contribution in [-0.4, -0.2) is 11.1 Å². The van der Waals surface area contributed by atoms with E-state index in [2.05, 4.69) is 34.6 Å². The third-order valence-electron chi connectivity index (χ3n) is 3.85. The summed E-state index contributed by atoms with van der Waals surface area (Å²) in [6.07, 6.45) is 8.12. The molecule has 1 heteroatoms. The van der Waals surface area contributed by atoms with E-state index in [0.717, 1.165) is 5.92 Å². The first-order valence-corrected chi connectivity index (χ1v) is 6.61. The van der Waals surface area contributed by atoms with Gasteiger partial charge in [0.05, 0.1) is 0 Å². The first-order chi connectivity index (χ1) is 6.87. The molecule has 1 nitrogen and oxygen atoms in total. The van der Waals surface area contributed by atoms with Crippen LogP contribution in [0.15, 0.2) is 0 Å². The molecule has 0 bridgehead atoms. The van der Waals surface area contributed by atoms with Crippen LogP contribution in [0.1, 0.15) is 73.1 Å². The normalized spacial score (nSPS) is 29.0. The summed E-state index contributed by atoms with van der Waals surface area (Å²) in [5.41, 5.74) is 0.417. The Kier molecular flexibility index (Phi) is 4.22. The maximum Gasteiger partial charge on any atom is 0.0334 e. The zero-order valence-corrected chi connectivity index (χ0v) is 11.3. The van der Waals surface area contributed by atoms with Crippen LogP contribution < -0.4 is 5.32 Å². The van der Waals surface area contributed by atoms with Crippen molar-refractivity contribution in [1.82, 2.24) is 5.32 Å². The predicted octanol–water partition coefficient (Wildman–Crippen LogP) is 4.14. The first-order valence-electron chi connectivity index (χ1n) is 6.61. The van der Waals surface area contributed by atoms with Gasteiger partial charge in [-0.1, -0.05) is 26.2 Å². The fourth-order valence-electron chi connectivity index (χ4n) is 2.95. The lowest BCUT2D eigenvalue weighted by Gasteiger charge is -2.46. The zero-order valence-electron chi connectivity index (χ0n) is 11.3. The van der Waals surface area contributed by atoms with Crippen LogP contribution in [0, 0.1) is 5.92 Å². The second kappa shape index (κ2) is 4.86. The van der Waals surface area contributed by atoms with E-state index in [4.69, 9.17) is 5.32 Å². The van der Waals surface area contributed by atoms with Gasteiger partial charge in [-0.25, -0.2) is 5.32 Å². The number of hydrogen-bond donors (Lipinski definition) is 0. The van der Waals surface area contributed by atoms with Gasteiger partial charge in [0, 0.05) is 11.1 Å². The van der Waals surface area contributed by atoms with Gasteiger partial charge in [0.25, 0.3) is 0 Å². The van der Waals surface area contributed by atoms with Gasteiger partial charge >= 0.3 is 0 Å². The summed E-state index contributed by atoms with van der Waals surface area (Å²) in [6, 6.07) is 0. The van der Waals surface area contributed by atoms with E-state index in [1.165, 1.54) is 38.5 Å². The van der Waals surface area contributed by atoms with Crippen LogP contribution in [0.3, 0.4) is 0 Å². The highest BCUT2D eigenvalue weighted by Gasteiger charge is 2.40. The lowest BCUT2D eigenvalue weighted by Crippen LogP contribution is -2.54. The molecule has 0 spiro atoms. The van der Waals surface area contributed by atoms with Crippen LogP contribution in [0.2, 0.25) is 0 Å². The van der Waals surface area contributed by atoms with Crippen molar-refractivity contribution in [2.75, 3.05) is 0 Å². The van der Waals surface area contributed by atoms with E-state index in [9.17, 15) is 0 Å². The van der Waals surface area contributed by atoms with Gasteiger partial charge in [0.15, 0.2) is 0 Å². The molecule has 0 aliphatic carbocycles. The van der Waals surface area contributed by atoms with E-state index in [-0.39, 0.29) is 11.1 Å². The summed E-state index contributed by atoms with van der Waals surface area (Å²) in [4.78, 5) is 0. The molecular formula is C14H28N. The second-order valence-corrected chi connectivity index (χ2v) is 6.31. The van der Waals surface area contributed by atoms with Crippen molar-refractivity contribution >= 4 is 0 Å². The number of nitrogens with zero attached hydrogens (tertiary/aromatic N) is 1. The summed E-state index contributed by atoms with van der Waals surface area (Å²) in [7, 11) is 0. The highest BCUT2D eigenvalue weighted by Crippen LogP contribution is 2.37. The van der Waals surface area contributed by atoms with Crippen LogP contribution >= 0.6 is 0 Å². The summed E-state index contributed by atoms with van der Waals surface area (Å²) in [6.45, 7) is 11.5. The van der Waals surface area contributed by atoms with Crippen molar-refractivity contribution in [3.05, 3.63) is 0 Å². The topological polar surface area (TPSA) is 14.1 Å². The minimum Gasteiger partial charge on any atom is -0.229 e. The molecule has 1 atom stereocenters. The van der Waals surface area contributed by atoms with Gasteiger partial charge in [-0.3, -0.25) is 0 Å². The molecule has 1 fully saturated rings. The molecular weight excluding hydrogens is 182 g/mol. The van der Waals surface area contributed by atoms with Gasteiger partial charge in [0.2, 0.25) is 0 Å². The molecule has 0 aromatic carbocycles. The van der Waals surface area contributed by atoms with Gasteiger partial charge in [-0.15, -0.1) is 0 Å². The molecule has 0 amide bonds. The molecule has 15 heavy (non-hydrogen) atoms. The van der Waals surface area contributed by atoms with Crippen molar-refractivity contribution in [3.63, 3.8) is 0 Å². The highest BCUT2D eigenvalue weighted by molar-refractivity contribution is 4.97. The Balaban J connectivity index is 2.45. The number of hydrogen-bond acceptors (Lipinski definition) is 0. The van der Waals surface area contributed by atoms with E-state index in [1.54, 1.807) is 0 Å². The maximum absolute atomic E-state index is 5.01. The molecule has 0 saturated carbocycles. The van der Waals surface area contributed by atoms with Gasteiger partial charge < -0.3 is 0 Å². The molecule has 1 radical (unpaired) electrons. The lowest BCUT2D eigenvalue weighted by atomic mass is 9.72. The first kappa shape index (κ1) is 13.0. The Bertz CT molecular complexity index is 194. The monoisotopic (exact) mass is 210 g/mol. The molecule has 1 aliphatic heterocycles. The van der Waals surface area contributed by atoms with Gasteiger partial charge in [0.1, 0.15) is 0 Å². The summed E-state index contributed by atoms with van der Waals surface area (Å²) >= 11 is 0. The van der Waals surface area contributed by atoms with Crippen molar-refractivity contribution in [2.45, 2.75) is 84.2 Å². The van der Waals surface area contributed by atoms with Crippen LogP contribution in [0.5, 0.6) is 0 Å². The maximum atomic E-state index is 5.01. The van der Waals surface area contributed by atoms with E-state index in [1.807, 2.05) is 0 Å². The van der Waals surface area contributed by atoms with Gasteiger partial charge in [-0.2, -0.15) is 0 Å². The highest BCUT2D eigenvalue weighted by atomic mass is 15.1. The molecule has 0 N–H and O–H groups in total. The van der Waals surface area contributed by atoms with Crippen LogP contribution in [0.4, 0.5) is 0 Å². The number of rotatable bonds is 4. The SMILES string of the molecule is CCCCCC1CCC(C)(C)[N]C1(C)C. The van der Waals surface area contributed by atoms with Gasteiger partial charge in [-0.05, 0) is 52.9 Å². The minimum absolute atomic E-state index is 0.204. The Hall–Kier alpha value is -0.0400. The average Bonchev–Trinajstić information content (AvgIpc) is 2.06. The van der Waals surface area contributed by atoms with Crippen molar-refractivity contribution < 1.29 is 0 Å². The Labute approximate surface area is 96.0 Å². The Morgan fingerprint density at radius 3 is 2.33 bits per heavy atom. The smallest absolute Gasteiger partial charge is 0.0334 e. The van der Waals surface area contributed by atoms with E-state index in [0.29, 0.717) is 0 Å². The van der Waals surface area contributed by atoms with E-state index >= 15 is 0 Å². The molecule has 89 valence electrons. The van der Waals surface area contributed by atoms with Crippen molar-refractivity contribution in [1.29, 1.82) is 0 Å². The minimum atomic E-state index is 0.204.